The van der Waals surface area contributed by atoms with Gasteiger partial charge in [0.25, 0.3) is 0 Å². The summed E-state index contributed by atoms with van der Waals surface area (Å²) in [6, 6.07) is 23.0. The second-order valence-electron chi connectivity index (χ2n) is 7.50. The topological polar surface area (TPSA) is 87.5 Å². The summed E-state index contributed by atoms with van der Waals surface area (Å²) in [5.41, 5.74) is 2.55. The van der Waals surface area contributed by atoms with Crippen LogP contribution in [0.3, 0.4) is 0 Å². The monoisotopic (exact) mass is 490 g/mol. The van der Waals surface area contributed by atoms with Crippen molar-refractivity contribution in [3.05, 3.63) is 84.2 Å². The summed E-state index contributed by atoms with van der Waals surface area (Å²) in [5.74, 6) is 2.65. The number of rotatable bonds is 10. The van der Waals surface area contributed by atoms with Crippen LogP contribution in [0.15, 0.2) is 78.0 Å². The summed E-state index contributed by atoms with van der Waals surface area (Å²) in [6.45, 7) is 0. The quantitative estimate of drug-likeness (QED) is 0.325. The molecule has 0 bridgehead atoms. The molecule has 0 fully saturated rings. The van der Waals surface area contributed by atoms with Crippen LogP contribution in [0.5, 0.6) is 17.2 Å². The van der Waals surface area contributed by atoms with Gasteiger partial charge in [-0.05, 0) is 42.0 Å². The second kappa shape index (κ2) is 11.4. The minimum absolute atomic E-state index is 0.139. The molecule has 1 amide bonds. The molecule has 1 heterocycles. The van der Waals surface area contributed by atoms with E-state index in [1.807, 2.05) is 47.0 Å². The zero-order valence-electron chi connectivity index (χ0n) is 19.7. The molecule has 0 aliphatic heterocycles. The Hall–Kier alpha value is -3.98. The highest BCUT2D eigenvalue weighted by Crippen LogP contribution is 2.30. The molecule has 0 saturated heterocycles. The minimum atomic E-state index is -0.199. The van der Waals surface area contributed by atoms with E-state index in [0.29, 0.717) is 28.8 Å². The van der Waals surface area contributed by atoms with Gasteiger partial charge in [-0.25, -0.2) is 0 Å². The van der Waals surface area contributed by atoms with Crippen molar-refractivity contribution in [1.29, 1.82) is 0 Å². The van der Waals surface area contributed by atoms with Gasteiger partial charge in [0.15, 0.2) is 5.16 Å². The van der Waals surface area contributed by atoms with E-state index in [1.54, 1.807) is 39.5 Å². The van der Waals surface area contributed by atoms with Crippen LogP contribution in [0.25, 0.3) is 5.69 Å². The van der Waals surface area contributed by atoms with Gasteiger partial charge < -0.3 is 19.5 Å². The molecule has 0 radical (unpaired) electrons. The molecule has 0 aliphatic rings. The van der Waals surface area contributed by atoms with Gasteiger partial charge in [-0.15, -0.1) is 10.2 Å². The van der Waals surface area contributed by atoms with Crippen LogP contribution in [0.2, 0.25) is 0 Å². The van der Waals surface area contributed by atoms with Gasteiger partial charge in [-0.2, -0.15) is 0 Å². The number of hydrogen-bond donors (Lipinski definition) is 1. The Kier molecular flexibility index (Phi) is 7.89. The Bertz CT molecular complexity index is 1280. The number of nitrogens with one attached hydrogen (secondary N) is 1. The van der Waals surface area contributed by atoms with Gasteiger partial charge in [0.1, 0.15) is 23.1 Å². The van der Waals surface area contributed by atoms with E-state index >= 15 is 0 Å². The van der Waals surface area contributed by atoms with Crippen molar-refractivity contribution in [2.24, 2.45) is 0 Å². The third-order valence-electron chi connectivity index (χ3n) is 5.25. The molecule has 180 valence electrons. The van der Waals surface area contributed by atoms with Crippen molar-refractivity contribution < 1.29 is 19.0 Å². The fraction of sp³-hybridized carbons (Fsp3) is 0.192. The summed E-state index contributed by atoms with van der Waals surface area (Å²) in [4.78, 5) is 12.8. The smallest absolute Gasteiger partial charge is 0.234 e. The lowest BCUT2D eigenvalue weighted by atomic mass is 10.1. The Morgan fingerprint density at radius 2 is 1.60 bits per heavy atom. The lowest BCUT2D eigenvalue weighted by Gasteiger charge is -2.13. The van der Waals surface area contributed by atoms with Crippen molar-refractivity contribution >= 4 is 23.4 Å². The molecule has 0 atom stereocenters. The highest BCUT2D eigenvalue weighted by Gasteiger charge is 2.17. The molecule has 0 unspecified atom stereocenters. The molecule has 8 nitrogen and oxygen atoms in total. The molecular formula is C26H26N4O4S. The fourth-order valence-corrected chi connectivity index (χ4v) is 4.28. The normalized spacial score (nSPS) is 10.6. The number of hydrogen-bond acceptors (Lipinski definition) is 7. The van der Waals surface area contributed by atoms with Crippen LogP contribution in [-0.4, -0.2) is 47.8 Å². The Morgan fingerprint density at radius 1 is 0.886 bits per heavy atom. The number of aromatic nitrogens is 3. The summed E-state index contributed by atoms with van der Waals surface area (Å²) >= 11 is 1.31. The lowest BCUT2D eigenvalue weighted by molar-refractivity contribution is -0.113. The first kappa shape index (κ1) is 24.2. The van der Waals surface area contributed by atoms with Crippen LogP contribution < -0.4 is 19.5 Å². The molecule has 0 saturated carbocycles. The largest absolute Gasteiger partial charge is 0.497 e. The number of benzene rings is 3. The average Bonchev–Trinajstić information content (AvgIpc) is 3.30. The van der Waals surface area contributed by atoms with Gasteiger partial charge in [0.05, 0.1) is 32.8 Å². The van der Waals surface area contributed by atoms with Crippen LogP contribution in [-0.2, 0) is 11.2 Å². The highest BCUT2D eigenvalue weighted by molar-refractivity contribution is 7.99. The van der Waals surface area contributed by atoms with E-state index in [9.17, 15) is 4.79 Å². The molecule has 4 rings (SSSR count). The maximum Gasteiger partial charge on any atom is 0.234 e. The zero-order valence-corrected chi connectivity index (χ0v) is 20.5. The number of methoxy groups -OCH3 is 3. The van der Waals surface area contributed by atoms with Crippen molar-refractivity contribution in [2.45, 2.75) is 11.6 Å². The molecule has 0 aliphatic carbocycles. The fourth-order valence-electron chi connectivity index (χ4n) is 3.51. The number of carbonyl (C=O) groups excluding carboxylic acids is 1. The maximum absolute atomic E-state index is 12.8. The van der Waals surface area contributed by atoms with E-state index in [4.69, 9.17) is 14.2 Å². The molecule has 3 aromatic carbocycles. The molecule has 1 aromatic heterocycles. The number of ether oxygens (including phenoxy) is 3. The van der Waals surface area contributed by atoms with Crippen LogP contribution >= 0.6 is 11.8 Å². The number of thioether (sulfide) groups is 1. The number of anilines is 1. The SMILES string of the molecule is COc1ccc(-n2c(Cc3ccccc3)nnc2SCC(=O)Nc2cc(OC)ccc2OC)cc1. The third kappa shape index (κ3) is 5.93. The summed E-state index contributed by atoms with van der Waals surface area (Å²) in [6.07, 6.45) is 0.605. The number of carbonyl (C=O) groups is 1. The molecule has 0 spiro atoms. The molecule has 4 aromatic rings. The van der Waals surface area contributed by atoms with E-state index in [-0.39, 0.29) is 11.7 Å². The van der Waals surface area contributed by atoms with Crippen molar-refractivity contribution in [3.8, 4) is 22.9 Å². The van der Waals surface area contributed by atoms with E-state index < -0.39 is 0 Å². The predicted octanol–water partition coefficient (Wildman–Crippen LogP) is 4.61. The van der Waals surface area contributed by atoms with E-state index in [2.05, 4.69) is 27.6 Å². The molecule has 35 heavy (non-hydrogen) atoms. The lowest BCUT2D eigenvalue weighted by Crippen LogP contribution is -2.15. The van der Waals surface area contributed by atoms with Crippen molar-refractivity contribution in [3.63, 3.8) is 0 Å². The first-order valence-electron chi connectivity index (χ1n) is 10.9. The van der Waals surface area contributed by atoms with E-state index in [0.717, 1.165) is 22.8 Å². The van der Waals surface area contributed by atoms with Crippen LogP contribution in [0, 0.1) is 0 Å². The van der Waals surface area contributed by atoms with Gasteiger partial charge >= 0.3 is 0 Å². The summed E-state index contributed by atoms with van der Waals surface area (Å²) in [7, 11) is 4.76. The Labute approximate surface area is 208 Å². The first-order chi connectivity index (χ1) is 17.1. The Balaban J connectivity index is 1.55. The van der Waals surface area contributed by atoms with Crippen LogP contribution in [0.4, 0.5) is 5.69 Å². The van der Waals surface area contributed by atoms with Gasteiger partial charge in [0, 0.05) is 18.2 Å². The van der Waals surface area contributed by atoms with Gasteiger partial charge in [-0.3, -0.25) is 9.36 Å². The highest BCUT2D eigenvalue weighted by atomic mass is 32.2. The van der Waals surface area contributed by atoms with Gasteiger partial charge in [-0.1, -0.05) is 42.1 Å². The summed E-state index contributed by atoms with van der Waals surface area (Å²) < 4.78 is 17.9. The first-order valence-corrected chi connectivity index (χ1v) is 11.9. The number of amides is 1. The Morgan fingerprint density at radius 3 is 2.29 bits per heavy atom. The van der Waals surface area contributed by atoms with Crippen molar-refractivity contribution in [1.82, 2.24) is 14.8 Å². The standard InChI is InChI=1S/C26H26N4O4S/c1-32-20-11-9-19(10-12-20)30-24(15-18-7-5-4-6-8-18)28-29-26(30)35-17-25(31)27-22-16-21(33-2)13-14-23(22)34-3/h4-14,16H,15,17H2,1-3H3,(H,27,31). The minimum Gasteiger partial charge on any atom is -0.497 e. The van der Waals surface area contributed by atoms with E-state index in [1.165, 1.54) is 11.8 Å². The third-order valence-corrected chi connectivity index (χ3v) is 6.18. The average molecular weight is 491 g/mol. The summed E-state index contributed by atoms with van der Waals surface area (Å²) in [5, 5.41) is 12.3. The maximum atomic E-state index is 12.8. The molecule has 1 N–H and O–H groups in total. The second-order valence-corrected chi connectivity index (χ2v) is 8.44. The van der Waals surface area contributed by atoms with Crippen LogP contribution in [0.1, 0.15) is 11.4 Å². The predicted molar refractivity (Wildman–Crippen MR) is 136 cm³/mol. The van der Waals surface area contributed by atoms with Gasteiger partial charge in [0.2, 0.25) is 5.91 Å². The van der Waals surface area contributed by atoms with Crippen molar-refractivity contribution in [2.75, 3.05) is 32.4 Å². The molecular weight excluding hydrogens is 464 g/mol. The zero-order chi connectivity index (χ0) is 24.6. The number of nitrogens with zero attached hydrogens (tertiary/aromatic N) is 3. The molecule has 9 heteroatoms.